The monoisotopic (exact) mass is 436 g/mol. The van der Waals surface area contributed by atoms with Crippen molar-refractivity contribution in [2.24, 2.45) is 0 Å². The summed E-state index contributed by atoms with van der Waals surface area (Å²) < 4.78 is 0. The Morgan fingerprint density at radius 2 is 1.38 bits per heavy atom. The zero-order chi connectivity index (χ0) is 20.2. The molecule has 144 valence electrons. The minimum atomic E-state index is -0.0209. The highest BCUT2D eigenvalue weighted by atomic mass is 35.5. The van der Waals surface area contributed by atoms with Gasteiger partial charge in [0.2, 0.25) is 0 Å². The first kappa shape index (κ1) is 20.0. The summed E-state index contributed by atoms with van der Waals surface area (Å²) in [6.45, 7) is 0. The fourth-order valence-electron chi connectivity index (χ4n) is 3.23. The molecule has 0 bridgehead atoms. The topological polar surface area (TPSA) is 17.1 Å². The summed E-state index contributed by atoms with van der Waals surface area (Å²) in [4.78, 5) is 14.2. The first-order valence-electron chi connectivity index (χ1n) is 9.28. The highest BCUT2D eigenvalue weighted by molar-refractivity contribution is 7.99. The molecule has 4 aromatic carbocycles. The van der Waals surface area contributed by atoms with E-state index in [2.05, 4.69) is 6.07 Å². The molecule has 0 aliphatic heterocycles. The molecule has 0 aliphatic rings. The quantitative estimate of drug-likeness (QED) is 0.223. The van der Waals surface area contributed by atoms with Gasteiger partial charge in [0, 0.05) is 32.2 Å². The second kappa shape index (κ2) is 9.04. The lowest BCUT2D eigenvalue weighted by Gasteiger charge is -2.17. The van der Waals surface area contributed by atoms with Crippen LogP contribution in [-0.4, -0.2) is 5.78 Å². The Morgan fingerprint density at radius 3 is 2.07 bits per heavy atom. The van der Waals surface area contributed by atoms with Gasteiger partial charge in [-0.15, -0.1) is 11.8 Å². The van der Waals surface area contributed by atoms with E-state index in [1.165, 1.54) is 0 Å². The molecule has 0 amide bonds. The Balaban J connectivity index is 1.61. The van der Waals surface area contributed by atoms with E-state index in [4.69, 9.17) is 23.2 Å². The summed E-state index contributed by atoms with van der Waals surface area (Å²) in [5, 5.41) is 3.57. The van der Waals surface area contributed by atoms with Crippen molar-refractivity contribution in [1.82, 2.24) is 0 Å². The number of Topliss-reactive ketones (excluding diaryl/α,β-unsaturated/α-hetero) is 1. The maximum atomic E-state index is 13.1. The minimum Gasteiger partial charge on any atom is -0.294 e. The average Bonchev–Trinajstić information content (AvgIpc) is 2.75. The molecular formula is C25H18Cl2OS. The summed E-state index contributed by atoms with van der Waals surface area (Å²) in [6.07, 6.45) is 0.396. The van der Waals surface area contributed by atoms with Gasteiger partial charge in [0.25, 0.3) is 0 Å². The summed E-state index contributed by atoms with van der Waals surface area (Å²) in [5.41, 5.74) is 1.81. The highest BCUT2D eigenvalue weighted by Gasteiger charge is 2.19. The van der Waals surface area contributed by atoms with Crippen LogP contribution < -0.4 is 0 Å². The third-order valence-electron chi connectivity index (χ3n) is 4.78. The van der Waals surface area contributed by atoms with Gasteiger partial charge in [-0.25, -0.2) is 0 Å². The standard InChI is InChI=1S/C25H18Cl2OS/c26-21-9-7-18(8-10-21)25(29-23-13-11-22(27)12-14-23)16-24(28)20-6-5-17-3-1-2-4-19(17)15-20/h1-15,25H,16H2/t25-/m0/s1. The van der Waals surface area contributed by atoms with Gasteiger partial charge in [0.05, 0.1) is 0 Å². The van der Waals surface area contributed by atoms with E-state index in [1.54, 1.807) is 11.8 Å². The van der Waals surface area contributed by atoms with Gasteiger partial charge < -0.3 is 0 Å². The number of benzene rings is 4. The maximum absolute atomic E-state index is 13.1. The lowest BCUT2D eigenvalue weighted by molar-refractivity contribution is 0.0982. The van der Waals surface area contributed by atoms with Crippen LogP contribution in [0.25, 0.3) is 10.8 Å². The molecule has 4 rings (SSSR count). The molecule has 0 radical (unpaired) electrons. The number of hydrogen-bond donors (Lipinski definition) is 0. The van der Waals surface area contributed by atoms with Crippen molar-refractivity contribution in [1.29, 1.82) is 0 Å². The number of carbonyl (C=O) groups is 1. The van der Waals surface area contributed by atoms with E-state index in [0.29, 0.717) is 16.5 Å². The second-order valence-corrected chi connectivity index (χ2v) is 8.95. The first-order chi connectivity index (χ1) is 14.1. The predicted octanol–water partition coefficient (Wildman–Crippen LogP) is 8.25. The Labute approximate surface area is 184 Å². The van der Waals surface area contributed by atoms with E-state index >= 15 is 0 Å². The van der Waals surface area contributed by atoms with Crippen LogP contribution in [0.2, 0.25) is 10.0 Å². The lowest BCUT2D eigenvalue weighted by Crippen LogP contribution is -2.05. The smallest absolute Gasteiger partial charge is 0.164 e. The molecule has 0 heterocycles. The van der Waals surface area contributed by atoms with Crippen LogP contribution in [0.4, 0.5) is 0 Å². The van der Waals surface area contributed by atoms with Crippen molar-refractivity contribution in [3.8, 4) is 0 Å². The van der Waals surface area contributed by atoms with Crippen molar-refractivity contribution >= 4 is 51.5 Å². The predicted molar refractivity (Wildman–Crippen MR) is 124 cm³/mol. The summed E-state index contributed by atoms with van der Waals surface area (Å²) in [5.74, 6) is 0.122. The number of halogens is 2. The first-order valence-corrected chi connectivity index (χ1v) is 10.9. The SMILES string of the molecule is O=C(C[C@H](Sc1ccc(Cl)cc1)c1ccc(Cl)cc1)c1ccc2ccccc2c1. The third-order valence-corrected chi connectivity index (χ3v) is 6.55. The van der Waals surface area contributed by atoms with Gasteiger partial charge in [0.1, 0.15) is 0 Å². The minimum absolute atomic E-state index is 0.0209. The Bertz CT molecular complexity index is 1140. The molecule has 4 aromatic rings. The molecule has 4 heteroatoms. The molecule has 29 heavy (non-hydrogen) atoms. The number of ketones is 1. The van der Waals surface area contributed by atoms with Gasteiger partial charge in [-0.05, 0) is 58.8 Å². The molecule has 0 saturated carbocycles. The van der Waals surface area contributed by atoms with E-state index in [-0.39, 0.29) is 11.0 Å². The molecule has 0 N–H and O–H groups in total. The zero-order valence-corrected chi connectivity index (χ0v) is 17.8. The van der Waals surface area contributed by atoms with E-state index < -0.39 is 0 Å². The van der Waals surface area contributed by atoms with Crippen LogP contribution >= 0.6 is 35.0 Å². The van der Waals surface area contributed by atoms with Gasteiger partial charge >= 0.3 is 0 Å². The summed E-state index contributed by atoms with van der Waals surface area (Å²) >= 11 is 13.7. The van der Waals surface area contributed by atoms with Crippen molar-refractivity contribution in [2.75, 3.05) is 0 Å². The van der Waals surface area contributed by atoms with Crippen molar-refractivity contribution < 1.29 is 4.79 Å². The summed E-state index contributed by atoms with van der Waals surface area (Å²) in [6, 6.07) is 29.4. The van der Waals surface area contributed by atoms with Crippen LogP contribution in [0.3, 0.4) is 0 Å². The van der Waals surface area contributed by atoms with Gasteiger partial charge in [-0.2, -0.15) is 0 Å². The van der Waals surface area contributed by atoms with Crippen LogP contribution in [-0.2, 0) is 0 Å². The fourth-order valence-corrected chi connectivity index (χ4v) is 4.63. The van der Waals surface area contributed by atoms with E-state index in [0.717, 1.165) is 26.8 Å². The second-order valence-electron chi connectivity index (χ2n) is 6.80. The Kier molecular flexibility index (Phi) is 6.25. The van der Waals surface area contributed by atoms with Gasteiger partial charge in [-0.3, -0.25) is 4.79 Å². The van der Waals surface area contributed by atoms with Crippen molar-refractivity contribution in [3.63, 3.8) is 0 Å². The van der Waals surface area contributed by atoms with Crippen LogP contribution in [0.5, 0.6) is 0 Å². The molecule has 0 aromatic heterocycles. The van der Waals surface area contributed by atoms with Crippen LogP contribution in [0.1, 0.15) is 27.6 Å². The maximum Gasteiger partial charge on any atom is 0.164 e. The lowest BCUT2D eigenvalue weighted by atomic mass is 9.99. The molecule has 0 unspecified atom stereocenters. The highest BCUT2D eigenvalue weighted by Crippen LogP contribution is 2.39. The largest absolute Gasteiger partial charge is 0.294 e. The Hall–Kier alpha value is -2.26. The molecule has 1 atom stereocenters. The van der Waals surface area contributed by atoms with Crippen LogP contribution in [0, 0.1) is 0 Å². The molecule has 0 fully saturated rings. The fraction of sp³-hybridized carbons (Fsp3) is 0.0800. The normalized spacial score (nSPS) is 12.1. The Morgan fingerprint density at radius 1 is 0.759 bits per heavy atom. The molecular weight excluding hydrogens is 419 g/mol. The molecule has 0 spiro atoms. The van der Waals surface area contributed by atoms with Gasteiger partial charge in [-0.1, -0.05) is 71.7 Å². The van der Waals surface area contributed by atoms with Crippen molar-refractivity contribution in [3.05, 3.63) is 112 Å². The average molecular weight is 437 g/mol. The van der Waals surface area contributed by atoms with E-state index in [1.807, 2.05) is 84.9 Å². The van der Waals surface area contributed by atoms with Gasteiger partial charge in [0.15, 0.2) is 5.78 Å². The molecule has 1 nitrogen and oxygen atoms in total. The molecule has 0 aliphatic carbocycles. The number of thioether (sulfide) groups is 1. The zero-order valence-electron chi connectivity index (χ0n) is 15.5. The summed E-state index contributed by atoms with van der Waals surface area (Å²) in [7, 11) is 0. The molecule has 0 saturated heterocycles. The number of carbonyl (C=O) groups excluding carboxylic acids is 1. The van der Waals surface area contributed by atoms with Crippen LogP contribution in [0.15, 0.2) is 95.9 Å². The number of rotatable bonds is 6. The van der Waals surface area contributed by atoms with E-state index in [9.17, 15) is 4.79 Å². The number of hydrogen-bond acceptors (Lipinski definition) is 2. The third kappa shape index (κ3) is 5.02. The van der Waals surface area contributed by atoms with Crippen molar-refractivity contribution in [2.45, 2.75) is 16.6 Å². The number of fused-ring (bicyclic) bond motifs is 1.